The summed E-state index contributed by atoms with van der Waals surface area (Å²) in [4.78, 5) is 4.82. The van der Waals surface area contributed by atoms with Crippen molar-refractivity contribution in [1.82, 2.24) is 9.80 Å². The first-order valence-electron chi connectivity index (χ1n) is 7.86. The fourth-order valence-electron chi connectivity index (χ4n) is 2.60. The second-order valence-corrected chi connectivity index (χ2v) is 6.21. The number of nitrogens with zero attached hydrogens (tertiary/aromatic N) is 2. The summed E-state index contributed by atoms with van der Waals surface area (Å²) in [5.74, 6) is 1.76. The Bertz CT molecular complexity index is 176. The fraction of sp³-hybridized carbons (Fsp3) is 1.00. The van der Waals surface area contributed by atoms with Gasteiger partial charge in [-0.15, -0.1) is 0 Å². The van der Waals surface area contributed by atoms with Crippen LogP contribution in [0.25, 0.3) is 0 Å². The predicted octanol–water partition coefficient (Wildman–Crippen LogP) is 3.72. The van der Waals surface area contributed by atoms with Crippen LogP contribution in [0.5, 0.6) is 0 Å². The molecule has 0 N–H and O–H groups in total. The van der Waals surface area contributed by atoms with E-state index in [1.165, 1.54) is 51.9 Å². The maximum atomic E-state index is 2.53. The molecule has 2 unspecified atom stereocenters. The van der Waals surface area contributed by atoms with E-state index in [0.717, 1.165) is 11.8 Å². The van der Waals surface area contributed by atoms with Gasteiger partial charge in [-0.05, 0) is 77.8 Å². The van der Waals surface area contributed by atoms with Crippen LogP contribution in [0.1, 0.15) is 53.4 Å². The zero-order valence-corrected chi connectivity index (χ0v) is 13.7. The van der Waals surface area contributed by atoms with Gasteiger partial charge >= 0.3 is 0 Å². The minimum absolute atomic E-state index is 0.871. The van der Waals surface area contributed by atoms with Gasteiger partial charge in [-0.3, -0.25) is 0 Å². The van der Waals surface area contributed by atoms with Gasteiger partial charge in [-0.1, -0.05) is 27.7 Å². The van der Waals surface area contributed by atoms with Gasteiger partial charge in [0.05, 0.1) is 0 Å². The highest BCUT2D eigenvalue weighted by atomic mass is 15.1. The van der Waals surface area contributed by atoms with E-state index < -0.39 is 0 Å². The first kappa shape index (κ1) is 17.9. The van der Waals surface area contributed by atoms with Crippen molar-refractivity contribution in [2.45, 2.75) is 53.4 Å². The van der Waals surface area contributed by atoms with E-state index in [4.69, 9.17) is 0 Å². The molecule has 0 fully saturated rings. The van der Waals surface area contributed by atoms with Crippen molar-refractivity contribution < 1.29 is 0 Å². The lowest BCUT2D eigenvalue weighted by Crippen LogP contribution is -2.24. The molecule has 0 aromatic heterocycles. The van der Waals surface area contributed by atoms with Gasteiger partial charge in [0.15, 0.2) is 0 Å². The Hall–Kier alpha value is -0.0800. The summed E-state index contributed by atoms with van der Waals surface area (Å²) in [6, 6.07) is 0. The predicted molar refractivity (Wildman–Crippen MR) is 83.1 cm³/mol. The van der Waals surface area contributed by atoms with Gasteiger partial charge in [0.1, 0.15) is 0 Å². The summed E-state index contributed by atoms with van der Waals surface area (Å²) in [5, 5.41) is 0. The molecule has 0 aliphatic heterocycles. The first-order chi connectivity index (χ1) is 8.49. The zero-order chi connectivity index (χ0) is 14.0. The van der Waals surface area contributed by atoms with Crippen LogP contribution in [-0.2, 0) is 0 Å². The Kier molecular flexibility index (Phi) is 10.8. The molecule has 0 bridgehead atoms. The topological polar surface area (TPSA) is 6.48 Å². The van der Waals surface area contributed by atoms with Crippen LogP contribution in [0.15, 0.2) is 0 Å². The summed E-state index contributed by atoms with van der Waals surface area (Å²) in [5.41, 5.74) is 0. The normalized spacial score (nSPS) is 15.3. The summed E-state index contributed by atoms with van der Waals surface area (Å²) < 4.78 is 0. The molecule has 110 valence electrons. The van der Waals surface area contributed by atoms with Crippen LogP contribution in [0.2, 0.25) is 0 Å². The number of hydrogen-bond acceptors (Lipinski definition) is 2. The van der Waals surface area contributed by atoms with E-state index in [1.807, 2.05) is 0 Å². The summed E-state index contributed by atoms with van der Waals surface area (Å²) >= 11 is 0. The Morgan fingerprint density at radius 3 is 1.89 bits per heavy atom. The molecule has 0 amide bonds. The lowest BCUT2D eigenvalue weighted by Gasteiger charge is -2.21. The van der Waals surface area contributed by atoms with Crippen molar-refractivity contribution >= 4 is 0 Å². The Morgan fingerprint density at radius 2 is 1.39 bits per heavy atom. The van der Waals surface area contributed by atoms with E-state index in [-0.39, 0.29) is 0 Å². The third kappa shape index (κ3) is 9.90. The molecular weight excluding hydrogens is 220 g/mol. The molecule has 0 aromatic carbocycles. The standard InChI is InChI=1S/C16H36N2/c1-7-18(8-2)12-9-10-15(3)14-16(4)11-13-17(5)6/h15-16H,7-14H2,1-6H3. The molecule has 0 aromatic rings. The molecule has 0 spiro atoms. The van der Waals surface area contributed by atoms with E-state index in [2.05, 4.69) is 51.6 Å². The monoisotopic (exact) mass is 256 g/mol. The maximum Gasteiger partial charge on any atom is -0.00189 e. The van der Waals surface area contributed by atoms with Crippen molar-refractivity contribution in [3.63, 3.8) is 0 Å². The zero-order valence-electron chi connectivity index (χ0n) is 13.7. The minimum atomic E-state index is 0.871. The van der Waals surface area contributed by atoms with E-state index in [1.54, 1.807) is 0 Å². The molecule has 0 radical (unpaired) electrons. The third-order valence-electron chi connectivity index (χ3n) is 3.94. The molecule has 0 heterocycles. The number of hydrogen-bond donors (Lipinski definition) is 0. The minimum Gasteiger partial charge on any atom is -0.309 e. The van der Waals surface area contributed by atoms with Crippen molar-refractivity contribution in [1.29, 1.82) is 0 Å². The molecule has 18 heavy (non-hydrogen) atoms. The second-order valence-electron chi connectivity index (χ2n) is 6.21. The molecule has 2 heteroatoms. The van der Waals surface area contributed by atoms with Crippen molar-refractivity contribution in [3.05, 3.63) is 0 Å². The van der Waals surface area contributed by atoms with Crippen LogP contribution >= 0.6 is 0 Å². The lowest BCUT2D eigenvalue weighted by molar-refractivity contribution is 0.275. The van der Waals surface area contributed by atoms with Crippen LogP contribution in [0, 0.1) is 11.8 Å². The molecule has 2 atom stereocenters. The lowest BCUT2D eigenvalue weighted by atomic mass is 9.91. The van der Waals surface area contributed by atoms with E-state index >= 15 is 0 Å². The molecule has 2 nitrogen and oxygen atoms in total. The molecule has 0 saturated carbocycles. The quantitative estimate of drug-likeness (QED) is 0.556. The summed E-state index contributed by atoms with van der Waals surface area (Å²) in [6.45, 7) is 14.3. The molecule has 0 rings (SSSR count). The maximum absolute atomic E-state index is 2.53. The van der Waals surface area contributed by atoms with Gasteiger partial charge in [0.2, 0.25) is 0 Å². The third-order valence-corrected chi connectivity index (χ3v) is 3.94. The highest BCUT2D eigenvalue weighted by molar-refractivity contribution is 4.63. The number of rotatable bonds is 11. The Morgan fingerprint density at radius 1 is 0.833 bits per heavy atom. The fourth-order valence-corrected chi connectivity index (χ4v) is 2.60. The average molecular weight is 256 g/mol. The van der Waals surface area contributed by atoms with Gasteiger partial charge in [-0.2, -0.15) is 0 Å². The van der Waals surface area contributed by atoms with Gasteiger partial charge in [0.25, 0.3) is 0 Å². The van der Waals surface area contributed by atoms with Gasteiger partial charge in [0, 0.05) is 0 Å². The van der Waals surface area contributed by atoms with E-state index in [9.17, 15) is 0 Å². The molecule has 0 saturated heterocycles. The summed E-state index contributed by atoms with van der Waals surface area (Å²) in [6.07, 6.45) is 5.49. The van der Waals surface area contributed by atoms with Crippen molar-refractivity contribution in [2.24, 2.45) is 11.8 Å². The Labute approximate surface area is 116 Å². The van der Waals surface area contributed by atoms with Crippen molar-refractivity contribution in [2.75, 3.05) is 40.3 Å². The highest BCUT2D eigenvalue weighted by Crippen LogP contribution is 2.19. The van der Waals surface area contributed by atoms with E-state index in [0.29, 0.717) is 0 Å². The largest absolute Gasteiger partial charge is 0.309 e. The van der Waals surface area contributed by atoms with Gasteiger partial charge in [-0.25, -0.2) is 0 Å². The molecule has 0 aliphatic rings. The second kappa shape index (κ2) is 10.8. The smallest absolute Gasteiger partial charge is 0.00189 e. The summed E-state index contributed by atoms with van der Waals surface area (Å²) in [7, 11) is 4.33. The van der Waals surface area contributed by atoms with Crippen molar-refractivity contribution in [3.8, 4) is 0 Å². The Balaban J connectivity index is 3.60. The van der Waals surface area contributed by atoms with Crippen LogP contribution in [0.4, 0.5) is 0 Å². The highest BCUT2D eigenvalue weighted by Gasteiger charge is 2.09. The first-order valence-corrected chi connectivity index (χ1v) is 7.86. The average Bonchev–Trinajstić information content (AvgIpc) is 2.32. The van der Waals surface area contributed by atoms with Gasteiger partial charge < -0.3 is 9.80 Å². The SMILES string of the molecule is CCN(CC)CCCC(C)CC(C)CCN(C)C. The molecule has 0 aliphatic carbocycles. The van der Waals surface area contributed by atoms with Crippen LogP contribution < -0.4 is 0 Å². The molecular formula is C16H36N2. The van der Waals surface area contributed by atoms with Crippen LogP contribution in [-0.4, -0.2) is 50.1 Å². The van der Waals surface area contributed by atoms with Crippen LogP contribution in [0.3, 0.4) is 0 Å².